The van der Waals surface area contributed by atoms with Gasteiger partial charge in [0, 0.05) is 0 Å². The highest BCUT2D eigenvalue weighted by Gasteiger charge is 2.22. The first kappa shape index (κ1) is 40.0. The minimum Gasteiger partial charge on any atom is -0.326 e. The van der Waals surface area contributed by atoms with Gasteiger partial charge in [-0.2, -0.15) is 0 Å². The first-order valence-electron chi connectivity index (χ1n) is 19.4. The monoisotopic (exact) mass is 565 g/mol. The molecule has 0 aliphatic heterocycles. The van der Waals surface area contributed by atoms with Crippen LogP contribution in [0.2, 0.25) is 0 Å². The summed E-state index contributed by atoms with van der Waals surface area (Å²) >= 11 is 0. The lowest BCUT2D eigenvalue weighted by atomic mass is 10.0. The average Bonchev–Trinajstić information content (AvgIpc) is 2.94. The van der Waals surface area contributed by atoms with E-state index in [1.807, 2.05) is 0 Å². The van der Waals surface area contributed by atoms with E-state index < -0.39 is 0 Å². The zero-order valence-electron chi connectivity index (χ0n) is 29.4. The summed E-state index contributed by atoms with van der Waals surface area (Å²) in [4.78, 5) is 0. The molecule has 0 N–H and O–H groups in total. The van der Waals surface area contributed by atoms with E-state index in [4.69, 9.17) is 0 Å². The maximum Gasteiger partial charge on any atom is 0.0857 e. The van der Waals surface area contributed by atoms with Crippen molar-refractivity contribution < 1.29 is 4.48 Å². The maximum absolute atomic E-state index is 2.51. The molecule has 0 saturated carbocycles. The predicted octanol–water partition coefficient (Wildman–Crippen LogP) is 14.0. The van der Waals surface area contributed by atoms with Crippen LogP contribution < -0.4 is 0 Å². The number of rotatable bonds is 34. The first-order chi connectivity index (χ1) is 19.5. The standard InChI is InChI=1S/C39H82N/c1-6-8-10-12-14-16-18-20-22-24-26-28-30-32-34-36-38-40(4,5)39(3)37-35-33-31-29-27-25-23-21-19-17-15-13-11-9-7-2/h39H,6-38H2,1-5H3/q+1. The molecule has 0 radical (unpaired) electrons. The molecule has 0 aliphatic carbocycles. The molecule has 0 aromatic heterocycles. The second-order valence-corrected chi connectivity index (χ2v) is 14.4. The lowest BCUT2D eigenvalue weighted by Crippen LogP contribution is -2.47. The van der Waals surface area contributed by atoms with Crippen LogP contribution in [0.25, 0.3) is 0 Å². The molecule has 1 nitrogen and oxygen atoms in total. The Morgan fingerprint density at radius 2 is 0.550 bits per heavy atom. The van der Waals surface area contributed by atoms with Gasteiger partial charge in [0.05, 0.1) is 26.7 Å². The molecule has 242 valence electrons. The zero-order chi connectivity index (χ0) is 29.4. The molecule has 0 aromatic carbocycles. The quantitative estimate of drug-likeness (QED) is 0.0538. The molecular formula is C39H82N+. The molecule has 0 rings (SSSR count). The predicted molar refractivity (Wildman–Crippen MR) is 186 cm³/mol. The number of quaternary nitrogens is 1. The van der Waals surface area contributed by atoms with E-state index in [0.717, 1.165) is 6.04 Å². The zero-order valence-corrected chi connectivity index (χ0v) is 29.4. The number of unbranched alkanes of at least 4 members (excludes halogenated alkanes) is 29. The number of hydrogen-bond acceptors (Lipinski definition) is 0. The van der Waals surface area contributed by atoms with E-state index in [1.165, 1.54) is 216 Å². The minimum atomic E-state index is 0.818. The van der Waals surface area contributed by atoms with Crippen LogP contribution >= 0.6 is 0 Å². The van der Waals surface area contributed by atoms with E-state index in [9.17, 15) is 0 Å². The summed E-state index contributed by atoms with van der Waals surface area (Å²) in [5.74, 6) is 0. The fourth-order valence-electron chi connectivity index (χ4n) is 6.45. The van der Waals surface area contributed by atoms with Gasteiger partial charge in [0.25, 0.3) is 0 Å². The highest BCUT2D eigenvalue weighted by Crippen LogP contribution is 2.19. The summed E-state index contributed by atoms with van der Waals surface area (Å²) in [6.45, 7) is 8.50. The van der Waals surface area contributed by atoms with Gasteiger partial charge in [0.15, 0.2) is 0 Å². The maximum atomic E-state index is 2.51. The molecule has 40 heavy (non-hydrogen) atoms. The molecule has 0 saturated heterocycles. The summed E-state index contributed by atoms with van der Waals surface area (Å²) in [7, 11) is 4.97. The summed E-state index contributed by atoms with van der Waals surface area (Å²) < 4.78 is 1.23. The fraction of sp³-hybridized carbons (Fsp3) is 1.00. The second-order valence-electron chi connectivity index (χ2n) is 14.4. The molecular weight excluding hydrogens is 482 g/mol. The van der Waals surface area contributed by atoms with Crippen molar-refractivity contribution in [2.75, 3.05) is 20.6 Å². The molecule has 0 fully saturated rings. The molecule has 1 heteroatoms. The van der Waals surface area contributed by atoms with Gasteiger partial charge < -0.3 is 4.48 Å². The summed E-state index contributed by atoms with van der Waals surface area (Å²) in [6, 6.07) is 0.818. The van der Waals surface area contributed by atoms with Crippen LogP contribution in [0.4, 0.5) is 0 Å². The Labute approximate surface area is 257 Å². The Bertz CT molecular complexity index is 456. The van der Waals surface area contributed by atoms with E-state index in [2.05, 4.69) is 34.9 Å². The molecule has 0 heterocycles. The summed E-state index contributed by atoms with van der Waals surface area (Å²) in [5.41, 5.74) is 0. The highest BCUT2D eigenvalue weighted by molar-refractivity contribution is 4.56. The van der Waals surface area contributed by atoms with Crippen LogP contribution in [0, 0.1) is 0 Å². The Morgan fingerprint density at radius 3 is 0.825 bits per heavy atom. The van der Waals surface area contributed by atoms with Crippen molar-refractivity contribution in [1.82, 2.24) is 0 Å². The van der Waals surface area contributed by atoms with Gasteiger partial charge >= 0.3 is 0 Å². The summed E-state index contributed by atoms with van der Waals surface area (Å²) in [6.07, 6.45) is 46.8. The van der Waals surface area contributed by atoms with Gasteiger partial charge in [-0.3, -0.25) is 0 Å². The number of nitrogens with zero attached hydrogens (tertiary/aromatic N) is 1. The van der Waals surface area contributed by atoms with Gasteiger partial charge in [-0.25, -0.2) is 0 Å². The normalized spacial score (nSPS) is 12.8. The SMILES string of the molecule is CCCCCCCCCCCCCCCCCC[N+](C)(C)C(C)CCCCCCCCCCCCCCCCC. The Morgan fingerprint density at radius 1 is 0.325 bits per heavy atom. The van der Waals surface area contributed by atoms with Crippen molar-refractivity contribution in [1.29, 1.82) is 0 Å². The topological polar surface area (TPSA) is 0 Å². The Kier molecular flexibility index (Phi) is 31.9. The molecule has 0 aromatic rings. The largest absolute Gasteiger partial charge is 0.326 e. The van der Waals surface area contributed by atoms with Crippen LogP contribution in [0.3, 0.4) is 0 Å². The molecule has 1 unspecified atom stereocenters. The van der Waals surface area contributed by atoms with Gasteiger partial charge in [0.1, 0.15) is 0 Å². The van der Waals surface area contributed by atoms with Crippen molar-refractivity contribution in [3.8, 4) is 0 Å². The van der Waals surface area contributed by atoms with Crippen LogP contribution in [-0.4, -0.2) is 31.2 Å². The minimum absolute atomic E-state index is 0.818. The van der Waals surface area contributed by atoms with Gasteiger partial charge in [0.2, 0.25) is 0 Å². The molecule has 0 amide bonds. The van der Waals surface area contributed by atoms with Crippen molar-refractivity contribution in [3.05, 3.63) is 0 Å². The average molecular weight is 565 g/mol. The summed E-state index contributed by atoms with van der Waals surface area (Å²) in [5, 5.41) is 0. The molecule has 0 aliphatic rings. The van der Waals surface area contributed by atoms with Gasteiger partial charge in [-0.15, -0.1) is 0 Å². The lowest BCUT2D eigenvalue weighted by Gasteiger charge is -2.36. The van der Waals surface area contributed by atoms with Gasteiger partial charge in [-0.1, -0.05) is 194 Å². The van der Waals surface area contributed by atoms with E-state index in [-0.39, 0.29) is 0 Å². The Hall–Kier alpha value is -0.0400. The van der Waals surface area contributed by atoms with Gasteiger partial charge in [-0.05, 0) is 32.6 Å². The van der Waals surface area contributed by atoms with Crippen LogP contribution in [0.5, 0.6) is 0 Å². The third-order valence-corrected chi connectivity index (χ3v) is 10.0. The fourth-order valence-corrected chi connectivity index (χ4v) is 6.45. The van der Waals surface area contributed by atoms with Crippen LogP contribution in [0.1, 0.15) is 226 Å². The van der Waals surface area contributed by atoms with E-state index in [0.29, 0.717) is 0 Å². The molecule has 0 bridgehead atoms. The molecule has 1 atom stereocenters. The van der Waals surface area contributed by atoms with Crippen LogP contribution in [0.15, 0.2) is 0 Å². The third-order valence-electron chi connectivity index (χ3n) is 10.0. The molecule has 0 spiro atoms. The van der Waals surface area contributed by atoms with Crippen molar-refractivity contribution >= 4 is 0 Å². The number of hydrogen-bond donors (Lipinski definition) is 0. The highest BCUT2D eigenvalue weighted by atomic mass is 15.3. The van der Waals surface area contributed by atoms with E-state index in [1.54, 1.807) is 0 Å². The third kappa shape index (κ3) is 29.5. The first-order valence-corrected chi connectivity index (χ1v) is 19.4. The second kappa shape index (κ2) is 31.9. The van der Waals surface area contributed by atoms with Crippen molar-refractivity contribution in [2.45, 2.75) is 232 Å². The van der Waals surface area contributed by atoms with Crippen molar-refractivity contribution in [2.24, 2.45) is 0 Å². The smallest absolute Gasteiger partial charge is 0.0857 e. The van der Waals surface area contributed by atoms with Crippen LogP contribution in [-0.2, 0) is 0 Å². The lowest BCUT2D eigenvalue weighted by molar-refractivity contribution is -0.913. The Balaban J connectivity index is 3.40. The van der Waals surface area contributed by atoms with E-state index >= 15 is 0 Å². The van der Waals surface area contributed by atoms with Crippen molar-refractivity contribution in [3.63, 3.8) is 0 Å².